The van der Waals surface area contributed by atoms with Crippen LogP contribution in [0.2, 0.25) is 0 Å². The van der Waals surface area contributed by atoms with Crippen molar-refractivity contribution in [2.75, 3.05) is 19.0 Å². The third kappa shape index (κ3) is 4.11. The number of alkyl halides is 1. The summed E-state index contributed by atoms with van der Waals surface area (Å²) in [5.74, 6) is 0.771. The van der Waals surface area contributed by atoms with Crippen molar-refractivity contribution in [2.24, 2.45) is 0 Å². The van der Waals surface area contributed by atoms with Crippen LogP contribution >= 0.6 is 11.6 Å². The molecule has 1 atom stereocenters. The van der Waals surface area contributed by atoms with Gasteiger partial charge in [0, 0.05) is 18.0 Å². The van der Waals surface area contributed by atoms with Gasteiger partial charge in [-0.1, -0.05) is 19.3 Å². The van der Waals surface area contributed by atoms with Crippen molar-refractivity contribution < 1.29 is 4.74 Å². The number of hydrogen-bond acceptors (Lipinski definition) is 2. The second kappa shape index (κ2) is 6.96. The third-order valence-electron chi connectivity index (χ3n) is 4.29. The zero-order valence-corrected chi connectivity index (χ0v) is 11.6. The lowest BCUT2D eigenvalue weighted by Gasteiger charge is -2.36. The van der Waals surface area contributed by atoms with Gasteiger partial charge in [-0.3, -0.25) is 0 Å². The molecule has 2 fully saturated rings. The Hall–Kier alpha value is 0.210. The average Bonchev–Trinajstić information content (AvgIpc) is 2.89. The molecule has 1 aliphatic heterocycles. The van der Waals surface area contributed by atoms with Gasteiger partial charge in [0.15, 0.2) is 0 Å². The molecule has 100 valence electrons. The Morgan fingerprint density at radius 3 is 2.65 bits per heavy atom. The molecule has 17 heavy (non-hydrogen) atoms. The van der Waals surface area contributed by atoms with E-state index in [1.54, 1.807) is 0 Å². The molecule has 2 nitrogen and oxygen atoms in total. The van der Waals surface area contributed by atoms with E-state index in [9.17, 15) is 0 Å². The molecule has 1 unspecified atom stereocenters. The van der Waals surface area contributed by atoms with Crippen LogP contribution in [0.4, 0.5) is 0 Å². The second-order valence-corrected chi connectivity index (χ2v) is 5.95. The molecule has 1 saturated carbocycles. The van der Waals surface area contributed by atoms with Crippen LogP contribution in [0, 0.1) is 0 Å². The maximum absolute atomic E-state index is 6.16. The van der Waals surface area contributed by atoms with Crippen molar-refractivity contribution >= 4 is 11.6 Å². The maximum Gasteiger partial charge on any atom is 0.0576 e. The molecular weight excluding hydrogens is 234 g/mol. The van der Waals surface area contributed by atoms with E-state index in [1.807, 2.05) is 0 Å². The van der Waals surface area contributed by atoms with Crippen molar-refractivity contribution in [1.29, 1.82) is 0 Å². The van der Waals surface area contributed by atoms with E-state index in [0.717, 1.165) is 19.0 Å². The molecule has 0 aromatic carbocycles. The fourth-order valence-corrected chi connectivity index (χ4v) is 3.50. The predicted molar refractivity (Wildman–Crippen MR) is 72.7 cm³/mol. The van der Waals surface area contributed by atoms with Crippen LogP contribution in [0.25, 0.3) is 0 Å². The van der Waals surface area contributed by atoms with Crippen molar-refractivity contribution in [3.05, 3.63) is 0 Å². The molecule has 2 rings (SSSR count). The maximum atomic E-state index is 6.16. The van der Waals surface area contributed by atoms with Crippen LogP contribution in [0.1, 0.15) is 57.8 Å². The molecule has 1 N–H and O–H groups in total. The minimum Gasteiger partial charge on any atom is -0.378 e. The Morgan fingerprint density at radius 1 is 1.18 bits per heavy atom. The Morgan fingerprint density at radius 2 is 2.00 bits per heavy atom. The van der Waals surface area contributed by atoms with E-state index in [-0.39, 0.29) is 5.54 Å². The first-order valence-corrected chi connectivity index (χ1v) is 7.81. The summed E-state index contributed by atoms with van der Waals surface area (Å²) < 4.78 is 5.64. The Bertz CT molecular complexity index is 210. The quantitative estimate of drug-likeness (QED) is 0.583. The van der Waals surface area contributed by atoms with Gasteiger partial charge < -0.3 is 10.1 Å². The molecule has 1 heterocycles. The van der Waals surface area contributed by atoms with Gasteiger partial charge in [0.05, 0.1) is 6.10 Å². The Balaban J connectivity index is 1.61. The first-order valence-electron chi connectivity index (χ1n) is 7.27. The zero-order valence-electron chi connectivity index (χ0n) is 10.8. The lowest BCUT2D eigenvalue weighted by atomic mass is 9.83. The van der Waals surface area contributed by atoms with Crippen LogP contribution < -0.4 is 5.32 Å². The molecule has 3 heteroatoms. The summed E-state index contributed by atoms with van der Waals surface area (Å²) >= 11 is 6.16. The third-order valence-corrected chi connectivity index (χ3v) is 4.80. The highest BCUT2D eigenvalue weighted by Crippen LogP contribution is 2.29. The SMILES string of the molecule is ClCC1(NCCCC2CCCO2)CCCCC1. The number of rotatable bonds is 6. The van der Waals surface area contributed by atoms with Crippen LogP contribution in [0.5, 0.6) is 0 Å². The van der Waals surface area contributed by atoms with Crippen molar-refractivity contribution in [3.8, 4) is 0 Å². The molecule has 0 amide bonds. The second-order valence-electron chi connectivity index (χ2n) is 5.68. The van der Waals surface area contributed by atoms with Gasteiger partial charge in [0.1, 0.15) is 0 Å². The smallest absolute Gasteiger partial charge is 0.0576 e. The largest absolute Gasteiger partial charge is 0.378 e. The average molecular weight is 260 g/mol. The summed E-state index contributed by atoms with van der Waals surface area (Å²) in [6, 6.07) is 0. The summed E-state index contributed by atoms with van der Waals surface area (Å²) in [4.78, 5) is 0. The molecule has 0 radical (unpaired) electrons. The van der Waals surface area contributed by atoms with E-state index >= 15 is 0 Å². The summed E-state index contributed by atoms with van der Waals surface area (Å²) in [7, 11) is 0. The van der Waals surface area contributed by atoms with Gasteiger partial charge in [-0.25, -0.2) is 0 Å². The van der Waals surface area contributed by atoms with Gasteiger partial charge in [-0.05, 0) is 45.1 Å². The molecule has 1 saturated heterocycles. The summed E-state index contributed by atoms with van der Waals surface area (Å²) in [6.07, 6.45) is 12.1. The van der Waals surface area contributed by atoms with E-state index in [0.29, 0.717) is 6.10 Å². The minimum atomic E-state index is 0.246. The summed E-state index contributed by atoms with van der Waals surface area (Å²) in [5, 5.41) is 3.72. The van der Waals surface area contributed by atoms with Gasteiger partial charge in [0.25, 0.3) is 0 Å². The fourth-order valence-electron chi connectivity index (χ4n) is 3.14. The zero-order chi connectivity index (χ0) is 12.0. The summed E-state index contributed by atoms with van der Waals surface area (Å²) in [5.41, 5.74) is 0.246. The normalized spacial score (nSPS) is 28.4. The number of hydrogen-bond donors (Lipinski definition) is 1. The molecule has 2 aliphatic rings. The Kier molecular flexibility index (Phi) is 5.58. The molecular formula is C14H26ClNO. The lowest BCUT2D eigenvalue weighted by Crippen LogP contribution is -2.48. The first-order chi connectivity index (χ1) is 8.35. The first kappa shape index (κ1) is 13.6. The van der Waals surface area contributed by atoms with Crippen molar-refractivity contribution in [2.45, 2.75) is 69.4 Å². The lowest BCUT2D eigenvalue weighted by molar-refractivity contribution is 0.101. The highest BCUT2D eigenvalue weighted by molar-refractivity contribution is 6.18. The number of halogens is 1. The fraction of sp³-hybridized carbons (Fsp3) is 1.00. The van der Waals surface area contributed by atoms with E-state index in [1.165, 1.54) is 57.8 Å². The van der Waals surface area contributed by atoms with Gasteiger partial charge in [-0.15, -0.1) is 11.6 Å². The molecule has 0 aromatic heterocycles. The molecule has 1 aliphatic carbocycles. The number of nitrogens with one attached hydrogen (secondary N) is 1. The van der Waals surface area contributed by atoms with Crippen LogP contribution in [0.3, 0.4) is 0 Å². The van der Waals surface area contributed by atoms with Gasteiger partial charge in [-0.2, -0.15) is 0 Å². The molecule has 0 bridgehead atoms. The molecule has 0 spiro atoms. The predicted octanol–water partition coefficient (Wildman–Crippen LogP) is 3.48. The summed E-state index contributed by atoms with van der Waals surface area (Å²) in [6.45, 7) is 2.08. The van der Waals surface area contributed by atoms with E-state index < -0.39 is 0 Å². The van der Waals surface area contributed by atoms with Crippen molar-refractivity contribution in [1.82, 2.24) is 5.32 Å². The highest BCUT2D eigenvalue weighted by atomic mass is 35.5. The van der Waals surface area contributed by atoms with E-state index in [2.05, 4.69) is 5.32 Å². The molecule has 0 aromatic rings. The monoisotopic (exact) mass is 259 g/mol. The minimum absolute atomic E-state index is 0.246. The van der Waals surface area contributed by atoms with Crippen LogP contribution in [0.15, 0.2) is 0 Å². The van der Waals surface area contributed by atoms with Gasteiger partial charge >= 0.3 is 0 Å². The highest BCUT2D eigenvalue weighted by Gasteiger charge is 2.30. The van der Waals surface area contributed by atoms with Gasteiger partial charge in [0.2, 0.25) is 0 Å². The van der Waals surface area contributed by atoms with Crippen LogP contribution in [-0.4, -0.2) is 30.7 Å². The topological polar surface area (TPSA) is 21.3 Å². The standard InChI is InChI=1S/C14H26ClNO/c15-12-14(8-2-1-3-9-14)16-10-4-6-13-7-5-11-17-13/h13,16H,1-12H2. The Labute approximate surface area is 110 Å². The van der Waals surface area contributed by atoms with Crippen molar-refractivity contribution in [3.63, 3.8) is 0 Å². The van der Waals surface area contributed by atoms with E-state index in [4.69, 9.17) is 16.3 Å². The van der Waals surface area contributed by atoms with Crippen LogP contribution in [-0.2, 0) is 4.74 Å². The number of ether oxygens (including phenoxy) is 1.